The van der Waals surface area contributed by atoms with Gasteiger partial charge < -0.3 is 10.0 Å². The van der Waals surface area contributed by atoms with Crippen molar-refractivity contribution in [3.05, 3.63) is 20.8 Å². The summed E-state index contributed by atoms with van der Waals surface area (Å²) in [5.74, 6) is -0.975. The summed E-state index contributed by atoms with van der Waals surface area (Å²) in [5, 5.41) is 13.5. The van der Waals surface area contributed by atoms with Crippen LogP contribution in [0.5, 0.6) is 0 Å². The predicted molar refractivity (Wildman–Crippen MR) is 76.5 cm³/mol. The quantitative estimate of drug-likeness (QED) is 0.794. The van der Waals surface area contributed by atoms with Crippen LogP contribution < -0.4 is 16.1 Å². The van der Waals surface area contributed by atoms with Gasteiger partial charge in [0.05, 0.1) is 0 Å². The fraction of sp³-hybridized carbons (Fsp3) is 0.692. The van der Waals surface area contributed by atoms with Crippen LogP contribution in [0.25, 0.3) is 0 Å². The SMILES string of the molecule is Cn1nc(N2CCCC(C)(C)C2C(=O)O)c(=O)n(C)c1=O. The zero-order valence-electron chi connectivity index (χ0n) is 12.7. The summed E-state index contributed by atoms with van der Waals surface area (Å²) >= 11 is 0. The summed E-state index contributed by atoms with van der Waals surface area (Å²) in [6.45, 7) is 4.16. The van der Waals surface area contributed by atoms with Gasteiger partial charge in [-0.15, -0.1) is 5.10 Å². The van der Waals surface area contributed by atoms with Crippen molar-refractivity contribution in [2.24, 2.45) is 19.5 Å². The molecule has 0 amide bonds. The van der Waals surface area contributed by atoms with Gasteiger partial charge in [-0.25, -0.2) is 14.3 Å². The minimum absolute atomic E-state index is 0.0137. The number of piperidine rings is 1. The van der Waals surface area contributed by atoms with Crippen molar-refractivity contribution in [2.75, 3.05) is 11.4 Å². The zero-order valence-corrected chi connectivity index (χ0v) is 12.7. The van der Waals surface area contributed by atoms with Gasteiger partial charge in [0.1, 0.15) is 6.04 Å². The van der Waals surface area contributed by atoms with E-state index < -0.39 is 28.7 Å². The molecule has 0 aliphatic carbocycles. The first-order valence-corrected chi connectivity index (χ1v) is 6.80. The molecule has 0 aromatic carbocycles. The second kappa shape index (κ2) is 5.01. The minimum Gasteiger partial charge on any atom is -0.480 e. The van der Waals surface area contributed by atoms with Crippen molar-refractivity contribution in [1.29, 1.82) is 0 Å². The van der Waals surface area contributed by atoms with Crippen molar-refractivity contribution in [2.45, 2.75) is 32.7 Å². The molecule has 1 N–H and O–H groups in total. The van der Waals surface area contributed by atoms with E-state index in [-0.39, 0.29) is 5.82 Å². The molecule has 2 heterocycles. The second-order valence-electron chi connectivity index (χ2n) is 6.12. The number of hydrogen-bond donors (Lipinski definition) is 1. The Morgan fingerprint density at radius 3 is 2.52 bits per heavy atom. The molecule has 1 fully saturated rings. The number of aromatic nitrogens is 3. The smallest absolute Gasteiger partial charge is 0.346 e. The molecule has 1 atom stereocenters. The van der Waals surface area contributed by atoms with Crippen LogP contribution in [0.15, 0.2) is 9.59 Å². The molecule has 0 spiro atoms. The first-order valence-electron chi connectivity index (χ1n) is 6.80. The molecule has 1 unspecified atom stereocenters. The number of carboxylic acid groups (broad SMARTS) is 1. The van der Waals surface area contributed by atoms with E-state index in [1.54, 1.807) is 0 Å². The third-order valence-corrected chi connectivity index (χ3v) is 4.08. The number of rotatable bonds is 2. The van der Waals surface area contributed by atoms with Gasteiger partial charge in [-0.3, -0.25) is 9.36 Å². The van der Waals surface area contributed by atoms with Gasteiger partial charge in [0.15, 0.2) is 0 Å². The topological polar surface area (TPSA) is 97.4 Å². The van der Waals surface area contributed by atoms with Crippen LogP contribution in [-0.4, -0.2) is 38.0 Å². The highest BCUT2D eigenvalue weighted by atomic mass is 16.4. The second-order valence-corrected chi connectivity index (χ2v) is 6.12. The lowest BCUT2D eigenvalue weighted by atomic mass is 9.76. The highest BCUT2D eigenvalue weighted by molar-refractivity contribution is 5.79. The van der Waals surface area contributed by atoms with Crippen LogP contribution in [0, 0.1) is 5.41 Å². The Kier molecular flexibility index (Phi) is 3.65. The van der Waals surface area contributed by atoms with Gasteiger partial charge in [0.2, 0.25) is 5.82 Å². The lowest BCUT2D eigenvalue weighted by Crippen LogP contribution is -2.57. The molecule has 0 radical (unpaired) electrons. The van der Waals surface area contributed by atoms with Gasteiger partial charge in [-0.2, -0.15) is 0 Å². The normalized spacial score (nSPS) is 21.3. The third-order valence-electron chi connectivity index (χ3n) is 4.08. The zero-order chi connectivity index (χ0) is 15.9. The van der Waals surface area contributed by atoms with E-state index in [4.69, 9.17) is 0 Å². The largest absolute Gasteiger partial charge is 0.480 e. The van der Waals surface area contributed by atoms with Crippen molar-refractivity contribution in [3.8, 4) is 0 Å². The van der Waals surface area contributed by atoms with Crippen molar-refractivity contribution >= 4 is 11.8 Å². The van der Waals surface area contributed by atoms with E-state index >= 15 is 0 Å². The van der Waals surface area contributed by atoms with Crippen LogP contribution in [-0.2, 0) is 18.9 Å². The summed E-state index contributed by atoms with van der Waals surface area (Å²) in [6, 6.07) is -0.844. The van der Waals surface area contributed by atoms with E-state index in [1.165, 1.54) is 19.0 Å². The Hall–Kier alpha value is -2.12. The molecule has 1 aromatic rings. The molecule has 1 aliphatic rings. The molecule has 0 bridgehead atoms. The Balaban J connectivity index is 2.62. The Bertz CT molecular complexity index is 688. The highest BCUT2D eigenvalue weighted by Crippen LogP contribution is 2.36. The number of hydrogen-bond acceptors (Lipinski definition) is 5. The maximum absolute atomic E-state index is 12.3. The molecule has 1 saturated heterocycles. The first kappa shape index (κ1) is 15.3. The number of carbonyl (C=O) groups is 1. The lowest BCUT2D eigenvalue weighted by Gasteiger charge is -2.44. The number of carboxylic acids is 1. The van der Waals surface area contributed by atoms with Gasteiger partial charge in [-0.05, 0) is 18.3 Å². The molecule has 8 heteroatoms. The van der Waals surface area contributed by atoms with Crippen molar-refractivity contribution in [1.82, 2.24) is 14.3 Å². The average Bonchev–Trinajstić information content (AvgIpc) is 2.38. The fourth-order valence-corrected chi connectivity index (χ4v) is 2.95. The van der Waals surface area contributed by atoms with Crippen LogP contribution in [0.2, 0.25) is 0 Å². The molecule has 1 aliphatic heterocycles. The van der Waals surface area contributed by atoms with Crippen LogP contribution in [0.3, 0.4) is 0 Å². The summed E-state index contributed by atoms with van der Waals surface area (Å²) in [6.07, 6.45) is 1.52. The minimum atomic E-state index is -0.989. The molecular weight excluding hydrogens is 276 g/mol. The molecule has 2 rings (SSSR count). The maximum atomic E-state index is 12.3. The Labute approximate surface area is 121 Å². The number of nitrogens with zero attached hydrogens (tertiary/aromatic N) is 4. The number of aliphatic carboxylic acids is 1. The van der Waals surface area contributed by atoms with Gasteiger partial charge in [-0.1, -0.05) is 13.8 Å². The van der Waals surface area contributed by atoms with E-state index in [0.29, 0.717) is 6.54 Å². The van der Waals surface area contributed by atoms with Crippen LogP contribution in [0.1, 0.15) is 26.7 Å². The maximum Gasteiger partial charge on any atom is 0.346 e. The van der Waals surface area contributed by atoms with E-state index in [1.807, 2.05) is 13.8 Å². The summed E-state index contributed by atoms with van der Waals surface area (Å²) < 4.78 is 2.00. The van der Waals surface area contributed by atoms with E-state index in [0.717, 1.165) is 22.1 Å². The van der Waals surface area contributed by atoms with Gasteiger partial charge >= 0.3 is 11.7 Å². The number of aryl methyl sites for hydroxylation is 1. The number of anilines is 1. The Morgan fingerprint density at radius 2 is 1.95 bits per heavy atom. The molecule has 116 valence electrons. The fourth-order valence-electron chi connectivity index (χ4n) is 2.95. The molecule has 0 saturated carbocycles. The highest BCUT2D eigenvalue weighted by Gasteiger charge is 2.44. The van der Waals surface area contributed by atoms with Crippen LogP contribution in [0.4, 0.5) is 5.82 Å². The summed E-state index contributed by atoms with van der Waals surface area (Å²) in [4.78, 5) is 37.1. The average molecular weight is 296 g/mol. The van der Waals surface area contributed by atoms with Gasteiger partial charge in [0.25, 0.3) is 5.56 Å². The summed E-state index contributed by atoms with van der Waals surface area (Å²) in [7, 11) is 2.80. The monoisotopic (exact) mass is 296 g/mol. The first-order chi connectivity index (χ1) is 9.66. The molecule has 1 aromatic heterocycles. The van der Waals surface area contributed by atoms with Crippen molar-refractivity contribution in [3.63, 3.8) is 0 Å². The van der Waals surface area contributed by atoms with E-state index in [9.17, 15) is 19.5 Å². The molecule has 21 heavy (non-hydrogen) atoms. The third kappa shape index (κ3) is 2.45. The van der Waals surface area contributed by atoms with E-state index in [2.05, 4.69) is 5.10 Å². The lowest BCUT2D eigenvalue weighted by molar-refractivity contribution is -0.142. The Morgan fingerprint density at radius 1 is 1.33 bits per heavy atom. The standard InChI is InChI=1S/C13H20N4O4/c1-13(2)6-5-7-17(8(13)11(19)20)9-10(18)15(3)12(21)16(4)14-9/h8H,5-7H2,1-4H3,(H,19,20). The predicted octanol–water partition coefficient (Wildman–Crippen LogP) is -0.441. The van der Waals surface area contributed by atoms with Crippen LogP contribution >= 0.6 is 0 Å². The molecular formula is C13H20N4O4. The summed E-state index contributed by atoms with van der Waals surface area (Å²) in [5.41, 5.74) is -1.58. The molecule has 8 nitrogen and oxygen atoms in total. The van der Waals surface area contributed by atoms with Crippen molar-refractivity contribution < 1.29 is 9.90 Å². The van der Waals surface area contributed by atoms with Gasteiger partial charge in [0, 0.05) is 20.6 Å².